The summed E-state index contributed by atoms with van der Waals surface area (Å²) in [6.07, 6.45) is 1.91. The minimum atomic E-state index is -0.838. The standard InChI is InChI=1S/C21H19ClN2O3/c1-21(13-23,16-6-7-16)24-19(25)12-27-18-10-4-15(5-11-18)20(26)14-2-8-17(22)9-3-14/h2-5,8-11,16H,6-7,12H2,1H3,(H,24,25). The second kappa shape index (κ2) is 7.81. The van der Waals surface area contributed by atoms with Crippen LogP contribution in [-0.2, 0) is 4.79 Å². The van der Waals surface area contributed by atoms with Crippen LogP contribution in [0.1, 0.15) is 35.7 Å². The highest BCUT2D eigenvalue weighted by atomic mass is 35.5. The number of halogens is 1. The average molecular weight is 383 g/mol. The van der Waals surface area contributed by atoms with E-state index in [1.165, 1.54) is 0 Å². The molecular weight excluding hydrogens is 364 g/mol. The maximum absolute atomic E-state index is 12.4. The van der Waals surface area contributed by atoms with Gasteiger partial charge in [-0.2, -0.15) is 5.26 Å². The highest BCUT2D eigenvalue weighted by molar-refractivity contribution is 6.30. The molecule has 1 fully saturated rings. The normalized spacial score (nSPS) is 15.3. The lowest BCUT2D eigenvalue weighted by molar-refractivity contribution is -0.124. The third-order valence-corrected chi connectivity index (χ3v) is 4.87. The van der Waals surface area contributed by atoms with Crippen molar-refractivity contribution in [2.45, 2.75) is 25.3 Å². The Morgan fingerprint density at radius 3 is 2.22 bits per heavy atom. The lowest BCUT2D eigenvalue weighted by atomic mass is 9.98. The van der Waals surface area contributed by atoms with E-state index in [0.717, 1.165) is 12.8 Å². The Hall–Kier alpha value is -2.84. The van der Waals surface area contributed by atoms with Crippen LogP contribution in [0, 0.1) is 17.2 Å². The Bertz CT molecular complexity index is 883. The molecule has 0 saturated heterocycles. The fraction of sp³-hybridized carbons (Fsp3) is 0.286. The monoisotopic (exact) mass is 382 g/mol. The molecule has 1 aliphatic carbocycles. The average Bonchev–Trinajstić information content (AvgIpc) is 3.52. The first-order chi connectivity index (χ1) is 12.9. The Morgan fingerprint density at radius 2 is 1.70 bits per heavy atom. The van der Waals surface area contributed by atoms with E-state index in [-0.39, 0.29) is 24.2 Å². The summed E-state index contributed by atoms with van der Waals surface area (Å²) in [7, 11) is 0. The van der Waals surface area contributed by atoms with Crippen LogP contribution in [0.4, 0.5) is 0 Å². The molecule has 1 unspecified atom stereocenters. The molecule has 6 heteroatoms. The molecule has 1 N–H and O–H groups in total. The van der Waals surface area contributed by atoms with Crippen molar-refractivity contribution in [3.8, 4) is 11.8 Å². The van der Waals surface area contributed by atoms with Crippen molar-refractivity contribution in [3.05, 3.63) is 64.7 Å². The SMILES string of the molecule is CC(C#N)(NC(=O)COc1ccc(C(=O)c2ccc(Cl)cc2)cc1)C1CC1. The molecule has 0 aromatic heterocycles. The molecule has 27 heavy (non-hydrogen) atoms. The largest absolute Gasteiger partial charge is 0.484 e. The Morgan fingerprint density at radius 1 is 1.15 bits per heavy atom. The number of nitriles is 1. The van der Waals surface area contributed by atoms with Crippen molar-refractivity contribution < 1.29 is 14.3 Å². The molecule has 1 atom stereocenters. The smallest absolute Gasteiger partial charge is 0.259 e. The molecule has 0 bridgehead atoms. The van der Waals surface area contributed by atoms with Gasteiger partial charge in [-0.15, -0.1) is 0 Å². The molecule has 3 rings (SSSR count). The van der Waals surface area contributed by atoms with Crippen LogP contribution in [-0.4, -0.2) is 23.8 Å². The summed E-state index contributed by atoms with van der Waals surface area (Å²) in [5.74, 6) is 0.227. The molecule has 138 valence electrons. The topological polar surface area (TPSA) is 79.2 Å². The van der Waals surface area contributed by atoms with E-state index in [0.29, 0.717) is 21.9 Å². The number of nitrogens with one attached hydrogen (secondary N) is 1. The number of ether oxygens (including phenoxy) is 1. The van der Waals surface area contributed by atoms with Crippen molar-refractivity contribution in [3.63, 3.8) is 0 Å². The minimum Gasteiger partial charge on any atom is -0.484 e. The Kier molecular flexibility index (Phi) is 5.48. The molecule has 0 radical (unpaired) electrons. The number of benzene rings is 2. The number of hydrogen-bond donors (Lipinski definition) is 1. The molecule has 1 saturated carbocycles. The molecular formula is C21H19ClN2O3. The van der Waals surface area contributed by atoms with Crippen LogP contribution in [0.5, 0.6) is 5.75 Å². The number of nitrogens with zero attached hydrogens (tertiary/aromatic N) is 1. The number of ketones is 1. The van der Waals surface area contributed by atoms with Crippen molar-refractivity contribution >= 4 is 23.3 Å². The fourth-order valence-electron chi connectivity index (χ4n) is 2.83. The number of hydrogen-bond acceptors (Lipinski definition) is 4. The van der Waals surface area contributed by atoms with Gasteiger partial charge >= 0.3 is 0 Å². The predicted octanol–water partition coefficient (Wildman–Crippen LogP) is 3.76. The van der Waals surface area contributed by atoms with Gasteiger partial charge in [-0.25, -0.2) is 0 Å². The maximum Gasteiger partial charge on any atom is 0.259 e. The van der Waals surface area contributed by atoms with Gasteiger partial charge in [0.2, 0.25) is 0 Å². The van der Waals surface area contributed by atoms with E-state index in [1.807, 2.05) is 0 Å². The summed E-state index contributed by atoms with van der Waals surface area (Å²) in [5, 5.41) is 12.6. The Balaban J connectivity index is 1.56. The van der Waals surface area contributed by atoms with Gasteiger partial charge in [-0.1, -0.05) is 11.6 Å². The van der Waals surface area contributed by atoms with Gasteiger partial charge in [0.15, 0.2) is 12.4 Å². The van der Waals surface area contributed by atoms with E-state index in [4.69, 9.17) is 16.3 Å². The number of carbonyl (C=O) groups excluding carboxylic acids is 2. The first-order valence-electron chi connectivity index (χ1n) is 8.67. The van der Waals surface area contributed by atoms with Crippen molar-refractivity contribution in [2.75, 3.05) is 6.61 Å². The fourth-order valence-corrected chi connectivity index (χ4v) is 2.95. The van der Waals surface area contributed by atoms with Crippen LogP contribution < -0.4 is 10.1 Å². The van der Waals surface area contributed by atoms with Crippen LogP contribution in [0.2, 0.25) is 5.02 Å². The summed E-state index contributed by atoms with van der Waals surface area (Å²) in [6.45, 7) is 1.55. The third-order valence-electron chi connectivity index (χ3n) is 4.62. The summed E-state index contributed by atoms with van der Waals surface area (Å²) < 4.78 is 5.46. The van der Waals surface area contributed by atoms with E-state index >= 15 is 0 Å². The minimum absolute atomic E-state index is 0.120. The van der Waals surface area contributed by atoms with Gasteiger partial charge in [-0.05, 0) is 74.2 Å². The number of amides is 1. The zero-order valence-electron chi connectivity index (χ0n) is 14.9. The third kappa shape index (κ3) is 4.66. The summed E-state index contributed by atoms with van der Waals surface area (Å²) in [4.78, 5) is 24.5. The lowest BCUT2D eigenvalue weighted by Crippen LogP contribution is -2.48. The Labute approximate surface area is 162 Å². The van der Waals surface area contributed by atoms with Gasteiger partial charge in [-0.3, -0.25) is 9.59 Å². The highest BCUT2D eigenvalue weighted by Crippen LogP contribution is 2.39. The van der Waals surface area contributed by atoms with Gasteiger partial charge in [0.25, 0.3) is 5.91 Å². The van der Waals surface area contributed by atoms with Gasteiger partial charge in [0.1, 0.15) is 11.3 Å². The summed E-state index contributed by atoms with van der Waals surface area (Å²) in [5.41, 5.74) is 0.221. The second-order valence-corrected chi connectivity index (χ2v) is 7.22. The van der Waals surface area contributed by atoms with Crippen LogP contribution in [0.3, 0.4) is 0 Å². The molecule has 1 amide bonds. The van der Waals surface area contributed by atoms with E-state index in [2.05, 4.69) is 11.4 Å². The maximum atomic E-state index is 12.4. The quantitative estimate of drug-likeness (QED) is 0.739. The molecule has 2 aromatic rings. The number of carbonyl (C=O) groups is 2. The molecule has 5 nitrogen and oxygen atoms in total. The zero-order valence-corrected chi connectivity index (χ0v) is 15.6. The van der Waals surface area contributed by atoms with Crippen molar-refractivity contribution in [1.82, 2.24) is 5.32 Å². The summed E-state index contributed by atoms with van der Waals surface area (Å²) >= 11 is 5.84. The number of rotatable bonds is 7. The van der Waals surface area contributed by atoms with Gasteiger partial charge < -0.3 is 10.1 Å². The van der Waals surface area contributed by atoms with E-state index in [1.54, 1.807) is 55.5 Å². The van der Waals surface area contributed by atoms with Crippen LogP contribution >= 0.6 is 11.6 Å². The molecule has 1 aliphatic rings. The van der Waals surface area contributed by atoms with Crippen LogP contribution in [0.15, 0.2) is 48.5 Å². The first-order valence-corrected chi connectivity index (χ1v) is 9.04. The second-order valence-electron chi connectivity index (χ2n) is 6.79. The van der Waals surface area contributed by atoms with Gasteiger partial charge in [0, 0.05) is 16.1 Å². The highest BCUT2D eigenvalue weighted by Gasteiger charge is 2.43. The molecule has 0 spiro atoms. The molecule has 0 aliphatic heterocycles. The van der Waals surface area contributed by atoms with Crippen LogP contribution in [0.25, 0.3) is 0 Å². The molecule has 0 heterocycles. The van der Waals surface area contributed by atoms with Crippen molar-refractivity contribution in [1.29, 1.82) is 5.26 Å². The zero-order chi connectivity index (χ0) is 19.4. The van der Waals surface area contributed by atoms with Gasteiger partial charge in [0.05, 0.1) is 6.07 Å². The van der Waals surface area contributed by atoms with E-state index in [9.17, 15) is 14.9 Å². The van der Waals surface area contributed by atoms with E-state index < -0.39 is 5.54 Å². The van der Waals surface area contributed by atoms with Crippen molar-refractivity contribution in [2.24, 2.45) is 5.92 Å². The first kappa shape index (κ1) is 18.9. The predicted molar refractivity (Wildman–Crippen MR) is 102 cm³/mol. The lowest BCUT2D eigenvalue weighted by Gasteiger charge is -2.22. The summed E-state index contributed by atoms with van der Waals surface area (Å²) in [6, 6.07) is 15.4. The molecule has 2 aromatic carbocycles.